The van der Waals surface area contributed by atoms with Crippen LogP contribution < -0.4 is 4.90 Å². The van der Waals surface area contributed by atoms with Crippen molar-refractivity contribution in [1.82, 2.24) is 9.88 Å². The molecule has 2 aromatic carbocycles. The van der Waals surface area contributed by atoms with Crippen molar-refractivity contribution in [2.45, 2.75) is 52.1 Å². The van der Waals surface area contributed by atoms with Gasteiger partial charge in [0.05, 0.1) is 17.2 Å². The molecule has 2 aliphatic rings. The summed E-state index contributed by atoms with van der Waals surface area (Å²) < 4.78 is 5.53. The number of rotatable bonds is 2. The lowest BCUT2D eigenvalue weighted by atomic mass is 9.68. The number of anilines is 1. The first-order valence-electron chi connectivity index (χ1n) is 12.5. The Kier molecular flexibility index (Phi) is 5.59. The van der Waals surface area contributed by atoms with Gasteiger partial charge in [0, 0.05) is 59.4 Å². The lowest BCUT2D eigenvalue weighted by molar-refractivity contribution is 0.0240. The molecule has 3 aromatic rings. The molecule has 0 spiro atoms. The van der Waals surface area contributed by atoms with Crippen LogP contribution in [-0.4, -0.2) is 53.5 Å². The smallest absolute Gasteiger partial charge is 0.410 e. The molecule has 0 saturated carbocycles. The molecule has 1 aromatic heterocycles. The minimum atomic E-state index is -0.512. The summed E-state index contributed by atoms with van der Waals surface area (Å²) in [7, 11) is 0. The second-order valence-corrected chi connectivity index (χ2v) is 10.9. The highest BCUT2D eigenvalue weighted by atomic mass is 16.6. The highest BCUT2D eigenvalue weighted by Crippen LogP contribution is 2.46. The highest BCUT2D eigenvalue weighted by molar-refractivity contribution is 6.20. The van der Waals surface area contributed by atoms with E-state index in [1.807, 2.05) is 45.0 Å². The Hall–Kier alpha value is -3.79. The number of H-pyrrole nitrogens is 1. The molecule has 1 atom stereocenters. The second-order valence-electron chi connectivity index (χ2n) is 10.9. The van der Waals surface area contributed by atoms with E-state index in [1.54, 1.807) is 11.0 Å². The molecule has 0 bridgehead atoms. The average molecular weight is 485 g/mol. The number of aromatic amines is 1. The molecular weight excluding hydrogens is 452 g/mol. The van der Waals surface area contributed by atoms with Crippen LogP contribution in [0.1, 0.15) is 73.8 Å². The molecular formula is C29H32N4O3. The largest absolute Gasteiger partial charge is 0.444 e. The normalized spacial score (nSPS) is 19.6. The fourth-order valence-corrected chi connectivity index (χ4v) is 5.41. The van der Waals surface area contributed by atoms with E-state index in [2.05, 4.69) is 35.9 Å². The fraction of sp³-hybridized carbons (Fsp3) is 0.414. The second kappa shape index (κ2) is 8.41. The van der Waals surface area contributed by atoms with E-state index in [4.69, 9.17) is 4.74 Å². The summed E-state index contributed by atoms with van der Waals surface area (Å²) in [5.74, 6) is 0.0168. The number of ketones is 1. The lowest BCUT2D eigenvalue weighted by Gasteiger charge is -2.39. The summed E-state index contributed by atoms with van der Waals surface area (Å²) >= 11 is 0. The van der Waals surface area contributed by atoms with Crippen LogP contribution in [0.5, 0.6) is 0 Å². The molecule has 5 rings (SSSR count). The first-order valence-corrected chi connectivity index (χ1v) is 12.5. The van der Waals surface area contributed by atoms with E-state index in [-0.39, 0.29) is 17.3 Å². The summed E-state index contributed by atoms with van der Waals surface area (Å²) in [6.07, 6.45) is 0.538. The Labute approximate surface area is 211 Å². The maximum Gasteiger partial charge on any atom is 0.410 e. The Balaban J connectivity index is 1.47. The predicted octanol–water partition coefficient (Wildman–Crippen LogP) is 5.36. The van der Waals surface area contributed by atoms with Gasteiger partial charge >= 0.3 is 6.09 Å². The summed E-state index contributed by atoms with van der Waals surface area (Å²) in [5, 5.41) is 10.2. The van der Waals surface area contributed by atoms with Crippen LogP contribution in [0.25, 0.3) is 10.9 Å². The van der Waals surface area contributed by atoms with E-state index in [9.17, 15) is 14.9 Å². The Morgan fingerprint density at radius 2 is 1.86 bits per heavy atom. The number of hydrogen-bond donors (Lipinski definition) is 1. The highest BCUT2D eigenvalue weighted by Gasteiger charge is 2.42. The number of piperazine rings is 1. The van der Waals surface area contributed by atoms with Crippen molar-refractivity contribution in [1.29, 1.82) is 5.26 Å². The topological polar surface area (TPSA) is 89.4 Å². The molecule has 1 fully saturated rings. The molecule has 7 heteroatoms. The number of benzene rings is 2. The SMILES string of the molecule is CCC1(C)c2cc(N3CCN(C(=O)OC(C)(C)C)CC3)ccc2C(=O)c2c1[nH]c1cc(C#N)ccc21. The molecule has 186 valence electrons. The number of nitrogens with zero attached hydrogens (tertiary/aromatic N) is 3. The number of hydrogen-bond acceptors (Lipinski definition) is 5. The summed E-state index contributed by atoms with van der Waals surface area (Å²) in [4.78, 5) is 33.7. The van der Waals surface area contributed by atoms with Crippen molar-refractivity contribution in [3.05, 3.63) is 64.3 Å². The van der Waals surface area contributed by atoms with Gasteiger partial charge in [0.1, 0.15) is 5.60 Å². The Bertz CT molecular complexity index is 1420. The Morgan fingerprint density at radius 3 is 2.50 bits per heavy atom. The van der Waals surface area contributed by atoms with Gasteiger partial charge in [-0.15, -0.1) is 0 Å². The molecule has 1 unspecified atom stereocenters. The number of nitrogens with one attached hydrogen (secondary N) is 1. The molecule has 1 N–H and O–H groups in total. The van der Waals surface area contributed by atoms with Crippen molar-refractivity contribution in [3.63, 3.8) is 0 Å². The number of carbonyl (C=O) groups is 2. The van der Waals surface area contributed by atoms with E-state index >= 15 is 0 Å². The van der Waals surface area contributed by atoms with Crippen molar-refractivity contribution in [2.24, 2.45) is 0 Å². The number of nitriles is 1. The van der Waals surface area contributed by atoms with Crippen LogP contribution in [0.3, 0.4) is 0 Å². The van der Waals surface area contributed by atoms with E-state index in [0.29, 0.717) is 37.3 Å². The van der Waals surface area contributed by atoms with Crippen LogP contribution in [-0.2, 0) is 10.2 Å². The van der Waals surface area contributed by atoms with Crippen molar-refractivity contribution < 1.29 is 14.3 Å². The van der Waals surface area contributed by atoms with Crippen LogP contribution >= 0.6 is 0 Å². The minimum absolute atomic E-state index is 0.0168. The van der Waals surface area contributed by atoms with E-state index < -0.39 is 5.60 Å². The minimum Gasteiger partial charge on any atom is -0.444 e. The molecule has 0 radical (unpaired) electrons. The third-order valence-electron chi connectivity index (χ3n) is 7.55. The van der Waals surface area contributed by atoms with Gasteiger partial charge in [-0.3, -0.25) is 4.79 Å². The van der Waals surface area contributed by atoms with Gasteiger partial charge in [0.25, 0.3) is 0 Å². The van der Waals surface area contributed by atoms with Crippen LogP contribution in [0.2, 0.25) is 0 Å². The quantitative estimate of drug-likeness (QED) is 0.529. The molecule has 7 nitrogen and oxygen atoms in total. The monoisotopic (exact) mass is 484 g/mol. The number of aromatic nitrogens is 1. The van der Waals surface area contributed by atoms with Crippen molar-refractivity contribution >= 4 is 28.5 Å². The number of carbonyl (C=O) groups excluding carboxylic acids is 2. The Morgan fingerprint density at radius 1 is 1.14 bits per heavy atom. The van der Waals surface area contributed by atoms with Gasteiger partial charge in [-0.1, -0.05) is 13.0 Å². The molecule has 1 amide bonds. The standard InChI is InChI=1S/C29H32N4O3/c1-6-29(5)22-16-19(32-11-13-33(14-12-32)27(35)36-28(2,3)4)8-10-20(22)25(34)24-21-9-7-18(17-30)15-23(21)31-26(24)29/h7-10,15-16,31H,6,11-14H2,1-5H3. The van der Waals surface area contributed by atoms with Crippen LogP contribution in [0.4, 0.5) is 10.5 Å². The number of amides is 1. The molecule has 1 aliphatic carbocycles. The van der Waals surface area contributed by atoms with Gasteiger partial charge < -0.3 is 19.5 Å². The maximum atomic E-state index is 13.7. The number of ether oxygens (including phenoxy) is 1. The van der Waals surface area contributed by atoms with Crippen LogP contribution in [0, 0.1) is 11.3 Å². The summed E-state index contributed by atoms with van der Waals surface area (Å²) in [6.45, 7) is 12.5. The summed E-state index contributed by atoms with van der Waals surface area (Å²) in [6, 6.07) is 13.8. The summed E-state index contributed by atoms with van der Waals surface area (Å²) in [5.41, 5.74) is 4.92. The zero-order valence-corrected chi connectivity index (χ0v) is 21.6. The zero-order valence-electron chi connectivity index (χ0n) is 21.6. The molecule has 2 heterocycles. The van der Waals surface area contributed by atoms with Crippen molar-refractivity contribution in [3.8, 4) is 6.07 Å². The van der Waals surface area contributed by atoms with Gasteiger partial charge in [-0.2, -0.15) is 5.26 Å². The zero-order chi connectivity index (χ0) is 25.8. The van der Waals surface area contributed by atoms with Gasteiger partial charge in [0.2, 0.25) is 0 Å². The number of fused-ring (bicyclic) bond motifs is 4. The maximum absolute atomic E-state index is 13.7. The van der Waals surface area contributed by atoms with Crippen molar-refractivity contribution in [2.75, 3.05) is 31.1 Å². The lowest BCUT2D eigenvalue weighted by Crippen LogP contribution is -2.50. The predicted molar refractivity (Wildman–Crippen MR) is 140 cm³/mol. The van der Waals surface area contributed by atoms with E-state index in [0.717, 1.165) is 39.8 Å². The average Bonchev–Trinajstić information content (AvgIpc) is 3.25. The first kappa shape index (κ1) is 23.9. The third-order valence-corrected chi connectivity index (χ3v) is 7.55. The third kappa shape index (κ3) is 3.81. The molecule has 36 heavy (non-hydrogen) atoms. The van der Waals surface area contributed by atoms with Gasteiger partial charge in [0.15, 0.2) is 5.78 Å². The molecule has 1 aliphatic heterocycles. The molecule has 1 saturated heterocycles. The van der Waals surface area contributed by atoms with Gasteiger partial charge in [-0.05, 0) is 70.0 Å². The first-order chi connectivity index (χ1) is 17.1. The van der Waals surface area contributed by atoms with E-state index in [1.165, 1.54) is 0 Å². The van der Waals surface area contributed by atoms with Crippen LogP contribution in [0.15, 0.2) is 36.4 Å². The van der Waals surface area contributed by atoms with Gasteiger partial charge in [-0.25, -0.2) is 4.79 Å². The fourth-order valence-electron chi connectivity index (χ4n) is 5.41.